The van der Waals surface area contributed by atoms with Crippen molar-refractivity contribution in [3.63, 3.8) is 0 Å². The monoisotopic (exact) mass is 605 g/mol. The summed E-state index contributed by atoms with van der Waals surface area (Å²) in [7, 11) is 0. The van der Waals surface area contributed by atoms with Gasteiger partial charge in [0, 0.05) is 17.2 Å². The minimum Gasteiger partial charge on any atom is -0.480 e. The zero-order chi connectivity index (χ0) is 29.7. The lowest BCUT2D eigenvalue weighted by Crippen LogP contribution is -2.35. The molecule has 0 saturated carbocycles. The summed E-state index contributed by atoms with van der Waals surface area (Å²) in [6, 6.07) is 14.9. The van der Waals surface area contributed by atoms with Crippen LogP contribution in [-0.2, 0) is 17.8 Å². The van der Waals surface area contributed by atoms with Crippen molar-refractivity contribution < 1.29 is 28.2 Å². The van der Waals surface area contributed by atoms with Gasteiger partial charge in [0.15, 0.2) is 0 Å². The topological polar surface area (TPSA) is 76.8 Å². The third-order valence-electron chi connectivity index (χ3n) is 8.76. The maximum Gasteiger partial charge on any atom is 0.335 e. The molecule has 2 unspecified atom stereocenters. The molecule has 0 amide bonds. The van der Waals surface area contributed by atoms with Crippen LogP contribution in [0.4, 0.5) is 8.78 Å². The fourth-order valence-corrected chi connectivity index (χ4v) is 6.49. The number of aromatic carboxylic acids is 1. The van der Waals surface area contributed by atoms with Crippen molar-refractivity contribution in [2.45, 2.75) is 50.5 Å². The molecule has 4 heterocycles. The van der Waals surface area contributed by atoms with Gasteiger partial charge in [-0.3, -0.25) is 4.90 Å². The van der Waals surface area contributed by atoms with E-state index in [1.807, 2.05) is 12.1 Å². The number of likely N-dealkylation sites (tertiary alicyclic amines) is 1. The summed E-state index contributed by atoms with van der Waals surface area (Å²) in [4.78, 5) is 18.8. The van der Waals surface area contributed by atoms with Crippen molar-refractivity contribution >= 4 is 34.4 Å². The summed E-state index contributed by atoms with van der Waals surface area (Å²) >= 11 is 5.93. The lowest BCUT2D eigenvalue weighted by Gasteiger charge is -2.34. The van der Waals surface area contributed by atoms with E-state index in [2.05, 4.69) is 9.47 Å². The van der Waals surface area contributed by atoms with Gasteiger partial charge in [-0.25, -0.2) is 18.6 Å². The number of para-hydroxylation sites is 1. The smallest absolute Gasteiger partial charge is 0.335 e. The first kappa shape index (κ1) is 28.0. The number of carboxylic acids is 1. The number of nitrogens with zero attached hydrogens (tertiary/aromatic N) is 3. The van der Waals surface area contributed by atoms with Crippen LogP contribution >= 0.6 is 11.6 Å². The number of rotatable bonds is 7. The van der Waals surface area contributed by atoms with Gasteiger partial charge >= 0.3 is 5.97 Å². The number of imidazole rings is 1. The molecule has 7 nitrogen and oxygen atoms in total. The fourth-order valence-electron chi connectivity index (χ4n) is 6.33. The molecular formula is C33H30ClF2N3O4. The molecule has 7 rings (SSSR count). The third kappa shape index (κ3) is 5.41. The summed E-state index contributed by atoms with van der Waals surface area (Å²) in [5.41, 5.74) is 3.35. The number of carbonyl (C=O) groups is 1. The number of halogens is 3. The maximum atomic E-state index is 15.3. The molecule has 2 atom stereocenters. The Morgan fingerprint density at radius 3 is 2.58 bits per heavy atom. The quantitative estimate of drug-likeness (QED) is 0.241. The molecule has 3 aliphatic rings. The van der Waals surface area contributed by atoms with Crippen molar-refractivity contribution in [2.75, 3.05) is 19.7 Å². The van der Waals surface area contributed by atoms with Crippen LogP contribution in [0.1, 0.15) is 64.2 Å². The first-order valence-electron chi connectivity index (χ1n) is 14.5. The van der Waals surface area contributed by atoms with Crippen LogP contribution in [0.25, 0.3) is 16.9 Å². The molecule has 2 saturated heterocycles. The Kier molecular flexibility index (Phi) is 7.41. The highest BCUT2D eigenvalue weighted by atomic mass is 35.5. The predicted molar refractivity (Wildman–Crippen MR) is 159 cm³/mol. The van der Waals surface area contributed by atoms with Gasteiger partial charge in [-0.05, 0) is 86.3 Å². The maximum absolute atomic E-state index is 15.3. The van der Waals surface area contributed by atoms with Gasteiger partial charge in [-0.1, -0.05) is 29.8 Å². The van der Waals surface area contributed by atoms with Crippen LogP contribution in [0.3, 0.4) is 0 Å². The second-order valence-corrected chi connectivity index (χ2v) is 11.9. The standard InChI is InChI=1S/C33H30ClF2N3O4/c34-21-5-6-24(26(35)15-21)30-16-27(36)25-3-1-2-23(32(25)43-30)19-8-11-38(12-9-19)18-31-37-28-7-4-20(33(40)41)14-29(28)39(31)17-22-10-13-42-22/h1-7,14-16,19,22,30H,8-13,17-18H2,(H,40,41). The molecule has 2 fully saturated rings. The number of fused-ring (bicyclic) bond motifs is 2. The highest BCUT2D eigenvalue weighted by Gasteiger charge is 2.31. The van der Waals surface area contributed by atoms with Crippen LogP contribution in [0, 0.1) is 5.82 Å². The molecule has 0 bridgehead atoms. The van der Waals surface area contributed by atoms with Crippen LogP contribution in [-0.4, -0.2) is 51.3 Å². The van der Waals surface area contributed by atoms with Gasteiger partial charge in [-0.15, -0.1) is 0 Å². The number of aromatic nitrogens is 2. The lowest BCUT2D eigenvalue weighted by molar-refractivity contribution is -0.0592. The molecule has 43 heavy (non-hydrogen) atoms. The molecule has 10 heteroatoms. The van der Waals surface area contributed by atoms with E-state index in [4.69, 9.17) is 26.1 Å². The summed E-state index contributed by atoms with van der Waals surface area (Å²) in [6.07, 6.45) is 3.15. The molecule has 3 aromatic carbocycles. The van der Waals surface area contributed by atoms with Gasteiger partial charge in [-0.2, -0.15) is 0 Å². The third-order valence-corrected chi connectivity index (χ3v) is 9.00. The van der Waals surface area contributed by atoms with Gasteiger partial charge in [0.25, 0.3) is 0 Å². The van der Waals surface area contributed by atoms with Crippen LogP contribution in [0.5, 0.6) is 5.75 Å². The van der Waals surface area contributed by atoms with E-state index in [-0.39, 0.29) is 28.2 Å². The van der Waals surface area contributed by atoms with Crippen molar-refractivity contribution in [1.29, 1.82) is 0 Å². The van der Waals surface area contributed by atoms with Crippen LogP contribution in [0.2, 0.25) is 5.02 Å². The average molecular weight is 606 g/mol. The van der Waals surface area contributed by atoms with E-state index in [1.54, 1.807) is 30.3 Å². The van der Waals surface area contributed by atoms with E-state index in [1.165, 1.54) is 18.2 Å². The number of ether oxygens (including phenoxy) is 2. The Morgan fingerprint density at radius 1 is 1.05 bits per heavy atom. The molecule has 1 aromatic heterocycles. The molecule has 222 valence electrons. The van der Waals surface area contributed by atoms with Crippen LogP contribution < -0.4 is 4.74 Å². The molecule has 4 aromatic rings. The lowest BCUT2D eigenvalue weighted by atomic mass is 9.86. The molecule has 1 N–H and O–H groups in total. The minimum atomic E-state index is -0.967. The first-order valence-corrected chi connectivity index (χ1v) is 14.9. The number of hydrogen-bond acceptors (Lipinski definition) is 5. The van der Waals surface area contributed by atoms with Crippen molar-refractivity contribution in [1.82, 2.24) is 14.5 Å². The number of benzene rings is 3. The summed E-state index contributed by atoms with van der Waals surface area (Å²) in [6.45, 7) is 3.59. The number of hydrogen-bond donors (Lipinski definition) is 1. The summed E-state index contributed by atoms with van der Waals surface area (Å²) in [5, 5.41) is 9.80. The second-order valence-electron chi connectivity index (χ2n) is 11.4. The van der Waals surface area contributed by atoms with Crippen molar-refractivity contribution in [3.8, 4) is 5.75 Å². The normalized spacial score (nSPS) is 20.8. The second kappa shape index (κ2) is 11.4. The average Bonchev–Trinajstić information content (AvgIpc) is 3.31. The Morgan fingerprint density at radius 2 is 1.86 bits per heavy atom. The largest absolute Gasteiger partial charge is 0.480 e. The summed E-state index contributed by atoms with van der Waals surface area (Å²) < 4.78 is 44.0. The first-order chi connectivity index (χ1) is 20.8. The Bertz CT molecular complexity index is 1740. The summed E-state index contributed by atoms with van der Waals surface area (Å²) in [5.74, 6) is -0.438. The van der Waals surface area contributed by atoms with Gasteiger partial charge in [0.1, 0.15) is 29.3 Å². The van der Waals surface area contributed by atoms with Crippen molar-refractivity contribution in [3.05, 3.63) is 99.6 Å². The van der Waals surface area contributed by atoms with E-state index >= 15 is 4.39 Å². The predicted octanol–water partition coefficient (Wildman–Crippen LogP) is 7.14. The molecule has 3 aliphatic heterocycles. The highest BCUT2D eigenvalue weighted by Crippen LogP contribution is 2.45. The molecular weight excluding hydrogens is 576 g/mol. The zero-order valence-electron chi connectivity index (χ0n) is 23.3. The van der Waals surface area contributed by atoms with Crippen LogP contribution in [0.15, 0.2) is 60.7 Å². The molecule has 0 spiro atoms. The SMILES string of the molecule is O=C(O)c1ccc2nc(CN3CCC(c4cccc5c4OC(c4ccc(Cl)cc4F)C=C5F)CC3)n(CC3CCO3)c2c1. The zero-order valence-corrected chi connectivity index (χ0v) is 24.1. The minimum absolute atomic E-state index is 0.0965. The van der Waals surface area contributed by atoms with Gasteiger partial charge in [0.05, 0.1) is 41.4 Å². The van der Waals surface area contributed by atoms with E-state index < -0.39 is 23.7 Å². The highest BCUT2D eigenvalue weighted by molar-refractivity contribution is 6.30. The fraction of sp³-hybridized carbons (Fsp3) is 0.333. The number of carboxylic acid groups (broad SMARTS) is 1. The number of piperidine rings is 1. The van der Waals surface area contributed by atoms with Gasteiger partial charge < -0.3 is 19.1 Å². The Labute approximate surface area is 252 Å². The Hall–Kier alpha value is -3.79. The van der Waals surface area contributed by atoms with E-state index in [9.17, 15) is 14.3 Å². The Balaban J connectivity index is 1.10. The van der Waals surface area contributed by atoms with Gasteiger partial charge in [0.2, 0.25) is 0 Å². The molecule has 0 aliphatic carbocycles. The van der Waals surface area contributed by atoms with E-state index in [0.717, 1.165) is 61.4 Å². The van der Waals surface area contributed by atoms with E-state index in [0.29, 0.717) is 24.4 Å². The van der Waals surface area contributed by atoms with Crippen molar-refractivity contribution in [2.24, 2.45) is 0 Å². The molecule has 0 radical (unpaired) electrons.